The van der Waals surface area contributed by atoms with E-state index in [0.29, 0.717) is 13.2 Å². The molecule has 0 saturated heterocycles. The van der Waals surface area contributed by atoms with E-state index < -0.39 is 0 Å². The van der Waals surface area contributed by atoms with Crippen LogP contribution >= 0.6 is 11.3 Å². The first-order valence-corrected chi connectivity index (χ1v) is 9.46. The van der Waals surface area contributed by atoms with Gasteiger partial charge in [0.2, 0.25) is 0 Å². The van der Waals surface area contributed by atoms with E-state index in [0.717, 1.165) is 24.5 Å². The minimum atomic E-state index is 0.510. The van der Waals surface area contributed by atoms with Crippen molar-refractivity contribution in [3.63, 3.8) is 0 Å². The lowest BCUT2D eigenvalue weighted by atomic mass is 9.85. The van der Waals surface area contributed by atoms with Crippen LogP contribution in [0.2, 0.25) is 0 Å². The van der Waals surface area contributed by atoms with Gasteiger partial charge in [0.1, 0.15) is 17.4 Å². The Morgan fingerprint density at radius 2 is 2.00 bits per heavy atom. The number of ether oxygens (including phenoxy) is 1. The van der Waals surface area contributed by atoms with Crippen molar-refractivity contribution in [2.24, 2.45) is 0 Å². The van der Waals surface area contributed by atoms with Gasteiger partial charge < -0.3 is 4.74 Å². The number of aromatic nitrogens is 3. The SMILES string of the molecule is Cc1sc2c(c1C1=CCCc3ccccc31)COCc1nnc(C)n1-2. The Hall–Kier alpha value is -2.24. The van der Waals surface area contributed by atoms with Crippen molar-refractivity contribution in [1.82, 2.24) is 14.8 Å². The van der Waals surface area contributed by atoms with Crippen molar-refractivity contribution < 1.29 is 4.74 Å². The Balaban J connectivity index is 1.75. The molecular weight excluding hydrogens is 330 g/mol. The molecule has 1 aliphatic carbocycles. The number of benzene rings is 1. The number of allylic oxidation sites excluding steroid dienone is 1. The number of aryl methyl sites for hydroxylation is 3. The van der Waals surface area contributed by atoms with Gasteiger partial charge in [-0.2, -0.15) is 0 Å². The molecule has 0 unspecified atom stereocenters. The van der Waals surface area contributed by atoms with Crippen LogP contribution in [0.15, 0.2) is 30.3 Å². The van der Waals surface area contributed by atoms with Gasteiger partial charge in [-0.15, -0.1) is 21.5 Å². The van der Waals surface area contributed by atoms with Crippen LogP contribution in [0.3, 0.4) is 0 Å². The van der Waals surface area contributed by atoms with Gasteiger partial charge in [-0.05, 0) is 43.4 Å². The van der Waals surface area contributed by atoms with Gasteiger partial charge in [-0.25, -0.2) is 0 Å². The van der Waals surface area contributed by atoms with Gasteiger partial charge in [0.25, 0.3) is 0 Å². The molecule has 3 heterocycles. The smallest absolute Gasteiger partial charge is 0.164 e. The summed E-state index contributed by atoms with van der Waals surface area (Å²) in [6, 6.07) is 8.77. The lowest BCUT2D eigenvalue weighted by molar-refractivity contribution is 0.105. The summed E-state index contributed by atoms with van der Waals surface area (Å²) in [4.78, 5) is 1.33. The summed E-state index contributed by atoms with van der Waals surface area (Å²) in [6.07, 6.45) is 4.60. The molecule has 0 amide bonds. The zero-order valence-corrected chi connectivity index (χ0v) is 15.2. The molecule has 0 N–H and O–H groups in total. The molecule has 0 bridgehead atoms. The topological polar surface area (TPSA) is 39.9 Å². The third-order valence-electron chi connectivity index (χ3n) is 5.07. The molecule has 126 valence electrons. The van der Waals surface area contributed by atoms with Crippen molar-refractivity contribution in [3.8, 4) is 5.00 Å². The first kappa shape index (κ1) is 15.0. The highest BCUT2D eigenvalue weighted by atomic mass is 32.1. The minimum Gasteiger partial charge on any atom is -0.369 e. The fourth-order valence-electron chi connectivity index (χ4n) is 3.97. The normalized spacial score (nSPS) is 15.8. The maximum Gasteiger partial charge on any atom is 0.164 e. The molecule has 5 heteroatoms. The molecule has 0 spiro atoms. The van der Waals surface area contributed by atoms with E-state index in [1.165, 1.54) is 37.7 Å². The van der Waals surface area contributed by atoms with Crippen molar-refractivity contribution in [3.05, 3.63) is 69.1 Å². The summed E-state index contributed by atoms with van der Waals surface area (Å²) in [7, 11) is 0. The van der Waals surface area contributed by atoms with Crippen LogP contribution in [-0.2, 0) is 24.4 Å². The van der Waals surface area contributed by atoms with Crippen LogP contribution in [0.1, 0.15) is 45.2 Å². The van der Waals surface area contributed by atoms with Gasteiger partial charge in [0.05, 0.1) is 6.61 Å². The molecule has 2 aromatic heterocycles. The highest BCUT2D eigenvalue weighted by molar-refractivity contribution is 7.15. The molecule has 0 radical (unpaired) electrons. The molecule has 2 aliphatic rings. The standard InChI is InChI=1S/C20H19N3OS/c1-12-19(16-9-5-7-14-6-3-4-8-15(14)16)17-10-24-11-18-22-21-13(2)23(18)20(17)25-12/h3-4,6,8-9H,5,7,10-11H2,1-2H3. The summed E-state index contributed by atoms with van der Waals surface area (Å²) in [5, 5.41) is 9.75. The number of hydrogen-bond acceptors (Lipinski definition) is 4. The number of thiophene rings is 1. The van der Waals surface area contributed by atoms with Crippen LogP contribution in [0.25, 0.3) is 10.6 Å². The zero-order valence-electron chi connectivity index (χ0n) is 14.4. The van der Waals surface area contributed by atoms with Gasteiger partial charge in [0, 0.05) is 16.0 Å². The average Bonchev–Trinajstić information content (AvgIpc) is 3.08. The third-order valence-corrected chi connectivity index (χ3v) is 6.21. The van der Waals surface area contributed by atoms with Crippen LogP contribution in [0.5, 0.6) is 0 Å². The van der Waals surface area contributed by atoms with Gasteiger partial charge >= 0.3 is 0 Å². The highest BCUT2D eigenvalue weighted by Gasteiger charge is 2.27. The van der Waals surface area contributed by atoms with E-state index in [9.17, 15) is 0 Å². The van der Waals surface area contributed by atoms with Gasteiger partial charge in [0.15, 0.2) is 5.82 Å². The summed E-state index contributed by atoms with van der Waals surface area (Å²) in [6.45, 7) is 5.36. The van der Waals surface area contributed by atoms with Gasteiger partial charge in [-0.1, -0.05) is 30.3 Å². The van der Waals surface area contributed by atoms with Crippen molar-refractivity contribution in [2.45, 2.75) is 39.9 Å². The Morgan fingerprint density at radius 3 is 2.92 bits per heavy atom. The Bertz CT molecular complexity index is 1010. The summed E-state index contributed by atoms with van der Waals surface area (Å²) < 4.78 is 8.12. The largest absolute Gasteiger partial charge is 0.369 e. The predicted molar refractivity (Wildman–Crippen MR) is 99.0 cm³/mol. The number of rotatable bonds is 1. The maximum atomic E-state index is 5.95. The monoisotopic (exact) mass is 349 g/mol. The molecule has 0 atom stereocenters. The van der Waals surface area contributed by atoms with Crippen LogP contribution in [-0.4, -0.2) is 14.8 Å². The van der Waals surface area contributed by atoms with E-state index >= 15 is 0 Å². The Labute approximate surface area is 150 Å². The summed E-state index contributed by atoms with van der Waals surface area (Å²) in [5.74, 6) is 1.81. The van der Waals surface area contributed by atoms with E-state index in [1.807, 2.05) is 18.3 Å². The number of hydrogen-bond donors (Lipinski definition) is 0. The molecule has 0 saturated carbocycles. The van der Waals surface area contributed by atoms with Crippen LogP contribution in [0.4, 0.5) is 0 Å². The molecule has 0 fully saturated rings. The fraction of sp³-hybridized carbons (Fsp3) is 0.300. The van der Waals surface area contributed by atoms with Crippen LogP contribution < -0.4 is 0 Å². The Kier molecular flexibility index (Phi) is 3.40. The van der Waals surface area contributed by atoms with Crippen molar-refractivity contribution in [2.75, 3.05) is 0 Å². The van der Waals surface area contributed by atoms with E-state index in [1.54, 1.807) is 0 Å². The van der Waals surface area contributed by atoms with Crippen molar-refractivity contribution in [1.29, 1.82) is 0 Å². The summed E-state index contributed by atoms with van der Waals surface area (Å²) in [5.41, 5.74) is 6.77. The first-order chi connectivity index (χ1) is 12.2. The zero-order chi connectivity index (χ0) is 17.0. The van der Waals surface area contributed by atoms with Gasteiger partial charge in [-0.3, -0.25) is 4.57 Å². The lowest BCUT2D eigenvalue weighted by Gasteiger charge is -2.19. The average molecular weight is 349 g/mol. The molecule has 25 heavy (non-hydrogen) atoms. The molecule has 3 aromatic rings. The molecule has 4 nitrogen and oxygen atoms in total. The third kappa shape index (κ3) is 2.23. The number of fused-ring (bicyclic) bond motifs is 4. The molecule has 1 aromatic carbocycles. The number of nitrogens with zero attached hydrogens (tertiary/aromatic N) is 3. The molecule has 1 aliphatic heterocycles. The summed E-state index contributed by atoms with van der Waals surface area (Å²) >= 11 is 1.82. The predicted octanol–water partition coefficient (Wildman–Crippen LogP) is 4.35. The maximum absolute atomic E-state index is 5.95. The van der Waals surface area contributed by atoms with Crippen molar-refractivity contribution >= 4 is 16.9 Å². The Morgan fingerprint density at radius 1 is 1.12 bits per heavy atom. The van der Waals surface area contributed by atoms with E-state index in [-0.39, 0.29) is 0 Å². The van der Waals surface area contributed by atoms with E-state index in [4.69, 9.17) is 4.74 Å². The second kappa shape index (κ2) is 5.64. The second-order valence-electron chi connectivity index (χ2n) is 6.62. The lowest BCUT2D eigenvalue weighted by Crippen LogP contribution is -2.04. The quantitative estimate of drug-likeness (QED) is 0.655. The van der Waals surface area contributed by atoms with E-state index in [2.05, 4.69) is 52.0 Å². The molecule has 5 rings (SSSR count). The minimum absolute atomic E-state index is 0.510. The second-order valence-corrected chi connectivity index (χ2v) is 7.83. The highest BCUT2D eigenvalue weighted by Crippen LogP contribution is 2.42. The first-order valence-electron chi connectivity index (χ1n) is 8.64. The molecular formula is C20H19N3OS. The fourth-order valence-corrected chi connectivity index (χ4v) is 5.21. The van der Waals surface area contributed by atoms with Crippen LogP contribution in [0, 0.1) is 13.8 Å².